The first kappa shape index (κ1) is 19.5. The van der Waals surface area contributed by atoms with Gasteiger partial charge >= 0.3 is 0 Å². The van der Waals surface area contributed by atoms with Crippen LogP contribution in [0.1, 0.15) is 27.5 Å². The van der Waals surface area contributed by atoms with Crippen molar-refractivity contribution in [3.05, 3.63) is 65.5 Å². The Morgan fingerprint density at radius 3 is 2.62 bits per heavy atom. The molecule has 150 valence electrons. The summed E-state index contributed by atoms with van der Waals surface area (Å²) >= 11 is 0. The van der Waals surface area contributed by atoms with Crippen molar-refractivity contribution in [3.8, 4) is 6.07 Å². The van der Waals surface area contributed by atoms with Crippen LogP contribution in [0.2, 0.25) is 0 Å². The van der Waals surface area contributed by atoms with Crippen LogP contribution in [0.15, 0.2) is 48.8 Å². The molecule has 2 atom stereocenters. The molecule has 7 heteroatoms. The summed E-state index contributed by atoms with van der Waals surface area (Å²) in [5.41, 5.74) is 2.08. The Hall–Kier alpha value is -2.79. The van der Waals surface area contributed by atoms with Crippen molar-refractivity contribution in [2.45, 2.75) is 12.1 Å². The van der Waals surface area contributed by atoms with Gasteiger partial charge in [-0.15, -0.1) is 0 Å². The third-order valence-corrected chi connectivity index (χ3v) is 5.44. The van der Waals surface area contributed by atoms with Gasteiger partial charge < -0.3 is 14.4 Å². The second-order valence-electron chi connectivity index (χ2n) is 7.24. The monoisotopic (exact) mass is 392 g/mol. The van der Waals surface area contributed by atoms with E-state index in [1.165, 1.54) is 0 Å². The van der Waals surface area contributed by atoms with E-state index < -0.39 is 0 Å². The van der Waals surface area contributed by atoms with E-state index in [4.69, 9.17) is 14.7 Å². The molecule has 7 nitrogen and oxygen atoms in total. The molecule has 1 aromatic heterocycles. The van der Waals surface area contributed by atoms with Crippen molar-refractivity contribution in [1.82, 2.24) is 14.8 Å². The Balaban J connectivity index is 1.61. The second kappa shape index (κ2) is 9.14. The van der Waals surface area contributed by atoms with E-state index in [1.807, 2.05) is 23.2 Å². The first-order chi connectivity index (χ1) is 14.3. The van der Waals surface area contributed by atoms with Crippen LogP contribution >= 0.6 is 0 Å². The molecular weight excluding hydrogens is 368 g/mol. The quantitative estimate of drug-likeness (QED) is 0.790. The van der Waals surface area contributed by atoms with Crippen molar-refractivity contribution < 1.29 is 14.3 Å². The lowest BCUT2D eigenvalue weighted by molar-refractivity contribution is -0.0819. The molecule has 4 rings (SSSR count). The summed E-state index contributed by atoms with van der Waals surface area (Å²) in [6.07, 6.45) is 3.40. The van der Waals surface area contributed by atoms with E-state index >= 15 is 0 Å². The molecule has 2 aliphatic rings. The lowest BCUT2D eigenvalue weighted by Crippen LogP contribution is -2.53. The minimum absolute atomic E-state index is 0.0568. The highest BCUT2D eigenvalue weighted by atomic mass is 16.5. The molecular formula is C22H24N4O3. The largest absolute Gasteiger partial charge is 0.379 e. The van der Waals surface area contributed by atoms with Gasteiger partial charge in [0.2, 0.25) is 0 Å². The van der Waals surface area contributed by atoms with E-state index in [9.17, 15) is 4.79 Å². The van der Waals surface area contributed by atoms with E-state index in [2.05, 4.69) is 16.0 Å². The Bertz CT molecular complexity index is 860. The van der Waals surface area contributed by atoms with Crippen LogP contribution in [0, 0.1) is 11.3 Å². The summed E-state index contributed by atoms with van der Waals surface area (Å²) < 4.78 is 11.6. The van der Waals surface area contributed by atoms with Gasteiger partial charge in [-0.05, 0) is 35.9 Å². The molecule has 2 fully saturated rings. The number of hydrogen-bond acceptors (Lipinski definition) is 6. The zero-order valence-electron chi connectivity index (χ0n) is 16.2. The van der Waals surface area contributed by atoms with Gasteiger partial charge in [-0.25, -0.2) is 0 Å². The van der Waals surface area contributed by atoms with Crippen molar-refractivity contribution in [2.75, 3.05) is 46.0 Å². The van der Waals surface area contributed by atoms with Crippen LogP contribution in [-0.4, -0.2) is 72.8 Å². The predicted octanol–water partition coefficient (Wildman–Crippen LogP) is 1.87. The maximum Gasteiger partial charge on any atom is 0.254 e. The zero-order valence-corrected chi connectivity index (χ0v) is 16.2. The Kier molecular flexibility index (Phi) is 6.15. The number of carbonyl (C=O) groups is 1. The van der Waals surface area contributed by atoms with Gasteiger partial charge in [-0.2, -0.15) is 5.26 Å². The first-order valence-electron chi connectivity index (χ1n) is 9.89. The number of aromatic nitrogens is 1. The van der Waals surface area contributed by atoms with Crippen molar-refractivity contribution >= 4 is 5.91 Å². The van der Waals surface area contributed by atoms with Crippen molar-refractivity contribution in [1.29, 1.82) is 5.26 Å². The molecule has 29 heavy (non-hydrogen) atoms. The molecule has 0 bridgehead atoms. The maximum atomic E-state index is 13.4. The topological polar surface area (TPSA) is 78.7 Å². The van der Waals surface area contributed by atoms with Crippen molar-refractivity contribution in [2.24, 2.45) is 0 Å². The molecule has 0 radical (unpaired) electrons. The van der Waals surface area contributed by atoms with Gasteiger partial charge in [0.15, 0.2) is 0 Å². The number of morpholine rings is 2. The van der Waals surface area contributed by atoms with Gasteiger partial charge in [-0.1, -0.05) is 6.07 Å². The SMILES string of the molecule is N#Cc1ccc(C(=O)N2CCO[C@@H](CN3CCOCC3)[C@@H]2c2cccnc2)cc1. The molecule has 1 amide bonds. The molecule has 0 saturated carbocycles. The first-order valence-corrected chi connectivity index (χ1v) is 9.89. The maximum absolute atomic E-state index is 13.4. The average Bonchev–Trinajstić information content (AvgIpc) is 2.80. The molecule has 0 spiro atoms. The number of ether oxygens (including phenoxy) is 2. The van der Waals surface area contributed by atoms with Crippen LogP contribution in [0.5, 0.6) is 0 Å². The van der Waals surface area contributed by atoms with Crippen LogP contribution in [0.25, 0.3) is 0 Å². The molecule has 1 aromatic carbocycles. The standard InChI is InChI=1S/C22H24N4O3/c23-14-17-3-5-18(6-4-17)22(27)26-10-13-29-20(16-25-8-11-28-12-9-25)21(26)19-2-1-7-24-15-19/h1-7,15,20-21H,8-13,16H2/t20-,21-/m0/s1. The van der Waals surface area contributed by atoms with E-state index in [0.717, 1.165) is 38.4 Å². The van der Waals surface area contributed by atoms with Gasteiger partial charge in [0, 0.05) is 44.1 Å². The van der Waals surface area contributed by atoms with Gasteiger partial charge in [-0.3, -0.25) is 14.7 Å². The van der Waals surface area contributed by atoms with Gasteiger partial charge in [0.05, 0.1) is 43.6 Å². The fourth-order valence-corrected chi connectivity index (χ4v) is 3.95. The number of hydrogen-bond donors (Lipinski definition) is 0. The minimum Gasteiger partial charge on any atom is -0.379 e. The molecule has 0 N–H and O–H groups in total. The summed E-state index contributed by atoms with van der Waals surface area (Å²) in [7, 11) is 0. The number of nitrogens with zero attached hydrogens (tertiary/aromatic N) is 4. The number of amides is 1. The summed E-state index contributed by atoms with van der Waals surface area (Å²) in [6, 6.07) is 12.5. The van der Waals surface area contributed by atoms with Crippen LogP contribution in [0.3, 0.4) is 0 Å². The lowest BCUT2D eigenvalue weighted by Gasteiger charge is -2.43. The molecule has 0 unspecified atom stereocenters. The van der Waals surface area contributed by atoms with Crippen LogP contribution in [-0.2, 0) is 9.47 Å². The second-order valence-corrected chi connectivity index (χ2v) is 7.24. The van der Waals surface area contributed by atoms with Gasteiger partial charge in [0.1, 0.15) is 0 Å². The Morgan fingerprint density at radius 1 is 1.14 bits per heavy atom. The summed E-state index contributed by atoms with van der Waals surface area (Å²) in [4.78, 5) is 21.8. The number of nitriles is 1. The van der Waals surface area contributed by atoms with Gasteiger partial charge in [0.25, 0.3) is 5.91 Å². The minimum atomic E-state index is -0.219. The highest BCUT2D eigenvalue weighted by Gasteiger charge is 2.38. The molecule has 2 saturated heterocycles. The average molecular weight is 392 g/mol. The number of carbonyl (C=O) groups excluding carboxylic acids is 1. The molecule has 3 heterocycles. The highest BCUT2D eigenvalue weighted by Crippen LogP contribution is 2.31. The number of rotatable bonds is 4. The van der Waals surface area contributed by atoms with Crippen molar-refractivity contribution in [3.63, 3.8) is 0 Å². The Morgan fingerprint density at radius 2 is 1.93 bits per heavy atom. The smallest absolute Gasteiger partial charge is 0.254 e. The fourth-order valence-electron chi connectivity index (χ4n) is 3.95. The predicted molar refractivity (Wildman–Crippen MR) is 106 cm³/mol. The normalized spacial score (nSPS) is 22.8. The summed E-state index contributed by atoms with van der Waals surface area (Å²) in [6.45, 7) is 4.91. The third kappa shape index (κ3) is 4.46. The Labute approximate surface area is 170 Å². The summed E-state index contributed by atoms with van der Waals surface area (Å²) in [5.74, 6) is -0.0568. The molecule has 0 aliphatic carbocycles. The number of benzene rings is 1. The third-order valence-electron chi connectivity index (χ3n) is 5.44. The highest BCUT2D eigenvalue weighted by molar-refractivity contribution is 5.94. The fraction of sp³-hybridized carbons (Fsp3) is 0.409. The lowest BCUT2D eigenvalue weighted by atomic mass is 9.97. The van der Waals surface area contributed by atoms with E-state index in [-0.39, 0.29) is 18.1 Å². The zero-order chi connectivity index (χ0) is 20.1. The summed E-state index contributed by atoms with van der Waals surface area (Å²) in [5, 5.41) is 9.01. The van der Waals surface area contributed by atoms with Crippen LogP contribution in [0.4, 0.5) is 0 Å². The van der Waals surface area contributed by atoms with E-state index in [0.29, 0.717) is 24.3 Å². The molecule has 2 aromatic rings. The van der Waals surface area contributed by atoms with Crippen LogP contribution < -0.4 is 0 Å². The van der Waals surface area contributed by atoms with E-state index in [1.54, 1.807) is 30.5 Å². The number of pyridine rings is 1. The molecule has 2 aliphatic heterocycles.